The van der Waals surface area contributed by atoms with Gasteiger partial charge in [0.05, 0.1) is 18.2 Å². The molecule has 3 rings (SSSR count). The van der Waals surface area contributed by atoms with E-state index >= 15 is 0 Å². The van der Waals surface area contributed by atoms with Crippen molar-refractivity contribution in [1.82, 2.24) is 5.43 Å². The van der Waals surface area contributed by atoms with Gasteiger partial charge < -0.3 is 4.18 Å². The fourth-order valence-corrected chi connectivity index (χ4v) is 3.67. The summed E-state index contributed by atoms with van der Waals surface area (Å²) in [6.07, 6.45) is -4.22. The van der Waals surface area contributed by atoms with Crippen LogP contribution in [0.3, 0.4) is 0 Å². The molecular weight excluding hydrogens is 483 g/mol. The zero-order valence-electron chi connectivity index (χ0n) is 17.0. The number of nitrogens with zero attached hydrogens (tertiary/aromatic N) is 1. The third-order valence-corrected chi connectivity index (χ3v) is 5.63. The number of hydrazone groups is 1. The molecule has 12 heteroatoms. The van der Waals surface area contributed by atoms with Crippen LogP contribution in [-0.4, -0.2) is 20.5 Å². The van der Waals surface area contributed by atoms with Gasteiger partial charge in [0.15, 0.2) is 5.75 Å². The largest absolute Gasteiger partial charge is 0.416 e. The van der Waals surface area contributed by atoms with E-state index in [9.17, 15) is 35.2 Å². The Morgan fingerprint density at radius 2 is 1.56 bits per heavy atom. The van der Waals surface area contributed by atoms with Gasteiger partial charge in [-0.3, -0.25) is 4.79 Å². The highest BCUT2D eigenvalue weighted by atomic mass is 32.2. The zero-order chi connectivity index (χ0) is 24.9. The Morgan fingerprint density at radius 3 is 2.18 bits per heavy atom. The predicted octanol–water partition coefficient (Wildman–Crippen LogP) is 4.44. The molecule has 0 aromatic heterocycles. The molecule has 3 aromatic rings. The Hall–Kier alpha value is -3.80. The summed E-state index contributed by atoms with van der Waals surface area (Å²) in [5, 5.41) is 3.63. The third kappa shape index (κ3) is 6.16. The fraction of sp³-hybridized carbons (Fsp3) is 0.0909. The molecule has 34 heavy (non-hydrogen) atoms. The average Bonchev–Trinajstić information content (AvgIpc) is 2.77. The van der Waals surface area contributed by atoms with Gasteiger partial charge >= 0.3 is 16.3 Å². The van der Waals surface area contributed by atoms with E-state index in [0.29, 0.717) is 12.1 Å². The molecule has 0 fully saturated rings. The van der Waals surface area contributed by atoms with Gasteiger partial charge in [-0.1, -0.05) is 18.2 Å². The molecule has 1 N–H and O–H groups in total. The molecular formula is C22H15F5N2O4S. The predicted molar refractivity (Wildman–Crippen MR) is 111 cm³/mol. The first-order chi connectivity index (χ1) is 16.0. The van der Waals surface area contributed by atoms with Crippen LogP contribution in [0.4, 0.5) is 22.0 Å². The van der Waals surface area contributed by atoms with Gasteiger partial charge in [-0.15, -0.1) is 0 Å². The van der Waals surface area contributed by atoms with Crippen molar-refractivity contribution in [1.29, 1.82) is 0 Å². The third-order valence-electron chi connectivity index (χ3n) is 4.38. The molecule has 6 nitrogen and oxygen atoms in total. The number of hydrogen-bond donors (Lipinski definition) is 1. The van der Waals surface area contributed by atoms with Crippen molar-refractivity contribution >= 4 is 22.2 Å². The average molecular weight is 498 g/mol. The lowest BCUT2D eigenvalue weighted by Gasteiger charge is -2.11. The van der Waals surface area contributed by atoms with Crippen LogP contribution in [0.5, 0.6) is 5.75 Å². The molecule has 0 bridgehead atoms. The van der Waals surface area contributed by atoms with E-state index in [1.165, 1.54) is 24.3 Å². The fourth-order valence-electron chi connectivity index (χ4n) is 2.72. The van der Waals surface area contributed by atoms with Crippen LogP contribution in [0.15, 0.2) is 76.7 Å². The minimum atomic E-state index is -4.63. The van der Waals surface area contributed by atoms with E-state index < -0.39 is 56.3 Å². The zero-order valence-corrected chi connectivity index (χ0v) is 17.8. The summed E-state index contributed by atoms with van der Waals surface area (Å²) in [5.74, 6) is -2.85. The summed E-state index contributed by atoms with van der Waals surface area (Å²) in [5.41, 5.74) is 0.689. The molecule has 0 saturated carbocycles. The Labute approximate surface area is 190 Å². The van der Waals surface area contributed by atoms with E-state index in [1.54, 1.807) is 0 Å². The molecule has 0 heterocycles. The van der Waals surface area contributed by atoms with Crippen molar-refractivity contribution in [2.75, 3.05) is 0 Å². The number of carbonyl (C=O) groups is 1. The molecule has 0 radical (unpaired) electrons. The second kappa shape index (κ2) is 10.00. The SMILES string of the molecule is O=C(Cc1c(F)cccc1F)N/N=C/c1ccccc1OS(=O)(=O)c1ccc(C(F)(F)F)cc1. The lowest BCUT2D eigenvalue weighted by Crippen LogP contribution is -2.21. The lowest BCUT2D eigenvalue weighted by atomic mass is 10.1. The maximum Gasteiger partial charge on any atom is 0.416 e. The van der Waals surface area contributed by atoms with Gasteiger partial charge in [-0.25, -0.2) is 14.2 Å². The first-order valence-electron chi connectivity index (χ1n) is 9.43. The Kier molecular flexibility index (Phi) is 7.30. The van der Waals surface area contributed by atoms with Crippen molar-refractivity contribution in [2.45, 2.75) is 17.5 Å². The maximum absolute atomic E-state index is 13.6. The number of rotatable bonds is 7. The molecule has 0 unspecified atom stereocenters. The number of amides is 1. The number of para-hydroxylation sites is 1. The topological polar surface area (TPSA) is 84.8 Å². The van der Waals surface area contributed by atoms with Crippen LogP contribution in [0.1, 0.15) is 16.7 Å². The lowest BCUT2D eigenvalue weighted by molar-refractivity contribution is -0.137. The van der Waals surface area contributed by atoms with Crippen LogP contribution >= 0.6 is 0 Å². The molecule has 0 aliphatic heterocycles. The number of carbonyl (C=O) groups excluding carboxylic acids is 1. The van der Waals surface area contributed by atoms with E-state index in [1.807, 2.05) is 0 Å². The number of nitrogens with one attached hydrogen (secondary N) is 1. The number of benzene rings is 3. The summed E-state index contributed by atoms with van der Waals surface area (Å²) >= 11 is 0. The molecule has 0 aliphatic rings. The minimum absolute atomic E-state index is 0.0929. The van der Waals surface area contributed by atoms with E-state index in [4.69, 9.17) is 4.18 Å². The monoisotopic (exact) mass is 498 g/mol. The Morgan fingerprint density at radius 1 is 0.941 bits per heavy atom. The van der Waals surface area contributed by atoms with Gasteiger partial charge in [0, 0.05) is 11.1 Å². The van der Waals surface area contributed by atoms with Crippen molar-refractivity contribution in [3.8, 4) is 5.75 Å². The normalized spacial score (nSPS) is 12.0. The Balaban J connectivity index is 1.72. The van der Waals surface area contributed by atoms with Crippen molar-refractivity contribution < 1.29 is 39.3 Å². The molecule has 0 saturated heterocycles. The number of alkyl halides is 3. The maximum atomic E-state index is 13.6. The molecule has 0 atom stereocenters. The molecule has 1 amide bonds. The van der Waals surface area contributed by atoms with Crippen LogP contribution < -0.4 is 9.61 Å². The van der Waals surface area contributed by atoms with Crippen molar-refractivity contribution in [3.63, 3.8) is 0 Å². The van der Waals surface area contributed by atoms with E-state index in [0.717, 1.165) is 36.5 Å². The van der Waals surface area contributed by atoms with E-state index in [-0.39, 0.29) is 11.3 Å². The standard InChI is InChI=1S/C22H15F5N2O4S/c23-18-5-3-6-19(24)17(18)12-21(30)29-28-13-14-4-1-2-7-20(14)33-34(31,32)16-10-8-15(9-11-16)22(25,26)27/h1-11,13H,12H2,(H,29,30)/b28-13+. The highest BCUT2D eigenvalue weighted by molar-refractivity contribution is 7.87. The van der Waals surface area contributed by atoms with Gasteiger partial charge in [0.25, 0.3) is 0 Å². The second-order valence-corrected chi connectivity index (χ2v) is 8.31. The van der Waals surface area contributed by atoms with E-state index in [2.05, 4.69) is 10.5 Å². The molecule has 178 valence electrons. The molecule has 0 aliphatic carbocycles. The summed E-state index contributed by atoms with van der Waals surface area (Å²) in [6.45, 7) is 0. The number of hydrogen-bond acceptors (Lipinski definition) is 5. The molecule has 3 aromatic carbocycles. The first-order valence-corrected chi connectivity index (χ1v) is 10.8. The van der Waals surface area contributed by atoms with Crippen LogP contribution in [0, 0.1) is 11.6 Å². The minimum Gasteiger partial charge on any atom is -0.378 e. The summed E-state index contributed by atoms with van der Waals surface area (Å²) in [4.78, 5) is 11.4. The van der Waals surface area contributed by atoms with Crippen LogP contribution in [-0.2, 0) is 27.5 Å². The summed E-state index contributed by atoms with van der Waals surface area (Å²) in [6, 6.07) is 11.5. The van der Waals surface area contributed by atoms with Gasteiger partial charge in [0.1, 0.15) is 16.5 Å². The van der Waals surface area contributed by atoms with Crippen LogP contribution in [0.25, 0.3) is 0 Å². The highest BCUT2D eigenvalue weighted by Crippen LogP contribution is 2.30. The second-order valence-electron chi connectivity index (χ2n) is 6.77. The van der Waals surface area contributed by atoms with Crippen molar-refractivity contribution in [3.05, 3.63) is 95.1 Å². The van der Waals surface area contributed by atoms with Crippen LogP contribution in [0.2, 0.25) is 0 Å². The van der Waals surface area contributed by atoms with Gasteiger partial charge in [-0.05, 0) is 48.5 Å². The van der Waals surface area contributed by atoms with Gasteiger partial charge in [-0.2, -0.15) is 26.7 Å². The Bertz CT molecular complexity index is 1300. The molecule has 0 spiro atoms. The first kappa shape index (κ1) is 24.8. The van der Waals surface area contributed by atoms with Crippen molar-refractivity contribution in [2.24, 2.45) is 5.10 Å². The summed E-state index contributed by atoms with van der Waals surface area (Å²) < 4.78 is 95.3. The van der Waals surface area contributed by atoms with Gasteiger partial charge in [0.2, 0.25) is 5.91 Å². The smallest absolute Gasteiger partial charge is 0.378 e. The summed E-state index contributed by atoms with van der Waals surface area (Å²) in [7, 11) is -4.49. The number of halogens is 5. The quantitative estimate of drug-likeness (QED) is 0.226. The highest BCUT2D eigenvalue weighted by Gasteiger charge is 2.31.